The van der Waals surface area contributed by atoms with Gasteiger partial charge in [0.25, 0.3) is 0 Å². The van der Waals surface area contributed by atoms with Gasteiger partial charge in [0, 0.05) is 39.0 Å². The summed E-state index contributed by atoms with van der Waals surface area (Å²) in [4.78, 5) is 19.6. The number of likely N-dealkylation sites (tertiary alicyclic amines) is 1. The molecule has 1 aliphatic heterocycles. The van der Waals surface area contributed by atoms with E-state index in [1.165, 1.54) is 6.42 Å². The van der Waals surface area contributed by atoms with Crippen LogP contribution in [-0.2, 0) is 23.7 Å². The molecule has 4 heteroatoms. The van der Waals surface area contributed by atoms with E-state index in [1.807, 2.05) is 63.6 Å². The van der Waals surface area contributed by atoms with Gasteiger partial charge in [-0.25, -0.2) is 4.98 Å². The van der Waals surface area contributed by atoms with Gasteiger partial charge in [0.2, 0.25) is 5.91 Å². The first-order chi connectivity index (χ1) is 11.5. The van der Waals surface area contributed by atoms with E-state index in [-0.39, 0.29) is 5.91 Å². The number of piperidine rings is 1. The van der Waals surface area contributed by atoms with Gasteiger partial charge in [-0.05, 0) is 38.2 Å². The van der Waals surface area contributed by atoms with Gasteiger partial charge in [0.1, 0.15) is 5.82 Å². The fourth-order valence-electron chi connectivity index (χ4n) is 3.64. The van der Waals surface area contributed by atoms with E-state index in [9.17, 15) is 4.79 Å². The first-order valence-corrected chi connectivity index (χ1v) is 8.79. The average Bonchev–Trinajstić information content (AvgIpc) is 3.00. The molecule has 0 saturated carbocycles. The van der Waals surface area contributed by atoms with Crippen LogP contribution >= 0.6 is 0 Å². The molecule has 3 rings (SSSR count). The van der Waals surface area contributed by atoms with Crippen LogP contribution in [0.4, 0.5) is 0 Å². The Hall–Kier alpha value is -2.10. The third-order valence-electron chi connectivity index (χ3n) is 5.23. The second kappa shape index (κ2) is 6.80. The summed E-state index contributed by atoms with van der Waals surface area (Å²) in [6.07, 6.45) is 7.02. The summed E-state index contributed by atoms with van der Waals surface area (Å²) in [7, 11) is 2.03. The molecule has 0 bridgehead atoms. The number of carbonyl (C=O) groups is 1. The Kier molecular flexibility index (Phi) is 4.74. The van der Waals surface area contributed by atoms with Crippen molar-refractivity contribution in [1.29, 1.82) is 0 Å². The molecule has 128 valence electrons. The minimum absolute atomic E-state index is 0.234. The van der Waals surface area contributed by atoms with Gasteiger partial charge in [-0.15, -0.1) is 0 Å². The van der Waals surface area contributed by atoms with E-state index in [0.29, 0.717) is 5.92 Å². The number of hydrogen-bond acceptors (Lipinski definition) is 2. The number of carbonyl (C=O) groups excluding carboxylic acids is 1. The Balaban J connectivity index is 1.70. The quantitative estimate of drug-likeness (QED) is 0.866. The van der Waals surface area contributed by atoms with Crippen LogP contribution in [0.5, 0.6) is 0 Å². The topological polar surface area (TPSA) is 38.1 Å². The first kappa shape index (κ1) is 16.7. The number of aromatic nitrogens is 2. The molecule has 1 amide bonds. The third kappa shape index (κ3) is 3.37. The van der Waals surface area contributed by atoms with Crippen LogP contribution in [0.1, 0.15) is 38.1 Å². The molecule has 4 nitrogen and oxygen atoms in total. The van der Waals surface area contributed by atoms with Crippen molar-refractivity contribution in [3.05, 3.63) is 54.1 Å². The van der Waals surface area contributed by atoms with Crippen LogP contribution in [0.2, 0.25) is 0 Å². The van der Waals surface area contributed by atoms with Crippen LogP contribution in [0, 0.1) is 5.92 Å². The Labute approximate surface area is 144 Å². The summed E-state index contributed by atoms with van der Waals surface area (Å²) in [5, 5.41) is 0. The molecule has 2 heterocycles. The monoisotopic (exact) mass is 325 g/mol. The highest BCUT2D eigenvalue weighted by molar-refractivity contribution is 5.87. The predicted molar refractivity (Wildman–Crippen MR) is 95.7 cm³/mol. The summed E-state index contributed by atoms with van der Waals surface area (Å²) in [6, 6.07) is 10.1. The molecule has 0 radical (unpaired) electrons. The molecule has 1 atom stereocenters. The Morgan fingerprint density at radius 3 is 2.71 bits per heavy atom. The predicted octanol–water partition coefficient (Wildman–Crippen LogP) is 3.18. The SMILES string of the molecule is Cn1ccnc1C[C@H]1CCCN(C(=O)C(C)(C)c2ccccc2)C1. The summed E-state index contributed by atoms with van der Waals surface area (Å²) < 4.78 is 2.08. The van der Waals surface area contributed by atoms with Crippen molar-refractivity contribution >= 4 is 5.91 Å². The molecule has 2 aromatic rings. The molecule has 0 aliphatic carbocycles. The smallest absolute Gasteiger partial charge is 0.232 e. The third-order valence-corrected chi connectivity index (χ3v) is 5.23. The van der Waals surface area contributed by atoms with E-state index >= 15 is 0 Å². The van der Waals surface area contributed by atoms with Crippen molar-refractivity contribution in [2.75, 3.05) is 13.1 Å². The van der Waals surface area contributed by atoms with Gasteiger partial charge in [-0.3, -0.25) is 4.79 Å². The van der Waals surface area contributed by atoms with E-state index < -0.39 is 5.41 Å². The molecule has 1 aromatic heterocycles. The average molecular weight is 325 g/mol. The molecule has 0 N–H and O–H groups in total. The van der Waals surface area contributed by atoms with Crippen molar-refractivity contribution in [2.24, 2.45) is 13.0 Å². The molecular weight excluding hydrogens is 298 g/mol. The number of amides is 1. The normalized spacial score (nSPS) is 18.6. The second-order valence-corrected chi connectivity index (χ2v) is 7.41. The van der Waals surface area contributed by atoms with E-state index in [1.54, 1.807) is 0 Å². The number of hydrogen-bond donors (Lipinski definition) is 0. The standard InChI is InChI=1S/C20H27N3O/c1-20(2,17-9-5-4-6-10-17)19(24)23-12-7-8-16(15-23)14-18-21-11-13-22(18)3/h4-6,9-11,13,16H,7-8,12,14-15H2,1-3H3/t16-/m1/s1. The maximum absolute atomic E-state index is 13.1. The van der Waals surface area contributed by atoms with Crippen molar-refractivity contribution in [3.63, 3.8) is 0 Å². The lowest BCUT2D eigenvalue weighted by atomic mass is 9.82. The Morgan fingerprint density at radius 2 is 2.04 bits per heavy atom. The Bertz CT molecular complexity index is 690. The highest BCUT2D eigenvalue weighted by atomic mass is 16.2. The van der Waals surface area contributed by atoms with E-state index in [4.69, 9.17) is 0 Å². The zero-order valence-corrected chi connectivity index (χ0v) is 14.9. The fourth-order valence-corrected chi connectivity index (χ4v) is 3.64. The summed E-state index contributed by atoms with van der Waals surface area (Å²) >= 11 is 0. The molecule has 1 aromatic carbocycles. The van der Waals surface area contributed by atoms with Crippen LogP contribution in [0.3, 0.4) is 0 Å². The minimum atomic E-state index is -0.480. The van der Waals surface area contributed by atoms with Gasteiger partial charge in [-0.2, -0.15) is 0 Å². The van der Waals surface area contributed by atoms with Gasteiger partial charge >= 0.3 is 0 Å². The molecular formula is C20H27N3O. The van der Waals surface area contributed by atoms with Gasteiger partial charge in [0.15, 0.2) is 0 Å². The maximum Gasteiger partial charge on any atom is 0.232 e. The fraction of sp³-hybridized carbons (Fsp3) is 0.500. The summed E-state index contributed by atoms with van der Waals surface area (Å²) in [6.45, 7) is 5.77. The number of rotatable bonds is 4. The number of benzene rings is 1. The maximum atomic E-state index is 13.1. The molecule has 1 fully saturated rings. The second-order valence-electron chi connectivity index (χ2n) is 7.41. The van der Waals surface area contributed by atoms with Crippen LogP contribution in [-0.4, -0.2) is 33.4 Å². The zero-order valence-electron chi connectivity index (χ0n) is 14.9. The number of nitrogens with zero attached hydrogens (tertiary/aromatic N) is 3. The first-order valence-electron chi connectivity index (χ1n) is 8.79. The summed E-state index contributed by atoms with van der Waals surface area (Å²) in [5.74, 6) is 1.84. The lowest BCUT2D eigenvalue weighted by Gasteiger charge is -2.38. The van der Waals surface area contributed by atoms with Crippen molar-refractivity contribution < 1.29 is 4.79 Å². The lowest BCUT2D eigenvalue weighted by Crippen LogP contribution is -2.48. The number of imidazole rings is 1. The highest BCUT2D eigenvalue weighted by Gasteiger charge is 2.35. The van der Waals surface area contributed by atoms with Crippen LogP contribution in [0.25, 0.3) is 0 Å². The van der Waals surface area contributed by atoms with E-state index in [2.05, 4.69) is 14.5 Å². The minimum Gasteiger partial charge on any atom is -0.342 e. The van der Waals surface area contributed by atoms with Crippen molar-refractivity contribution in [2.45, 2.75) is 38.5 Å². The van der Waals surface area contributed by atoms with Crippen molar-refractivity contribution in [3.8, 4) is 0 Å². The molecule has 1 aliphatic rings. The molecule has 0 spiro atoms. The van der Waals surface area contributed by atoms with Gasteiger partial charge < -0.3 is 9.47 Å². The van der Waals surface area contributed by atoms with Gasteiger partial charge in [-0.1, -0.05) is 30.3 Å². The molecule has 0 unspecified atom stereocenters. The number of aryl methyl sites for hydroxylation is 1. The van der Waals surface area contributed by atoms with E-state index in [0.717, 1.165) is 37.3 Å². The molecule has 1 saturated heterocycles. The zero-order chi connectivity index (χ0) is 17.2. The highest BCUT2D eigenvalue weighted by Crippen LogP contribution is 2.29. The van der Waals surface area contributed by atoms with Crippen LogP contribution in [0.15, 0.2) is 42.7 Å². The Morgan fingerprint density at radius 1 is 1.29 bits per heavy atom. The largest absolute Gasteiger partial charge is 0.342 e. The lowest BCUT2D eigenvalue weighted by molar-refractivity contribution is -0.138. The van der Waals surface area contributed by atoms with Crippen LogP contribution < -0.4 is 0 Å². The molecule has 24 heavy (non-hydrogen) atoms. The summed E-state index contributed by atoms with van der Waals surface area (Å²) in [5.41, 5.74) is 0.605. The van der Waals surface area contributed by atoms with Gasteiger partial charge in [0.05, 0.1) is 5.41 Å². The van der Waals surface area contributed by atoms with Crippen molar-refractivity contribution in [1.82, 2.24) is 14.5 Å².